The van der Waals surface area contributed by atoms with Gasteiger partial charge in [0.15, 0.2) is 0 Å². The molecule has 0 bridgehead atoms. The van der Waals surface area contributed by atoms with Crippen molar-refractivity contribution >= 4 is 17.3 Å². The highest BCUT2D eigenvalue weighted by Gasteiger charge is 2.37. The molecule has 0 amide bonds. The van der Waals surface area contributed by atoms with Gasteiger partial charge in [-0.15, -0.1) is 0 Å². The number of pyridine rings is 2. The molecule has 0 aromatic carbocycles. The third kappa shape index (κ3) is 4.89. The van der Waals surface area contributed by atoms with Crippen LogP contribution in [0.25, 0.3) is 0 Å². The van der Waals surface area contributed by atoms with Gasteiger partial charge < -0.3 is 16.4 Å². The molecule has 2 atom stereocenters. The van der Waals surface area contributed by atoms with E-state index in [0.717, 1.165) is 18.9 Å². The molecule has 162 valence electrons. The number of hydrogen-bond acceptors (Lipinski definition) is 6. The van der Waals surface area contributed by atoms with E-state index in [2.05, 4.69) is 23.8 Å². The van der Waals surface area contributed by atoms with E-state index in [1.165, 1.54) is 24.4 Å². The average Bonchev–Trinajstić information content (AvgIpc) is 2.65. The zero-order valence-corrected chi connectivity index (χ0v) is 17.1. The highest BCUT2D eigenvalue weighted by Crippen LogP contribution is 2.35. The first kappa shape index (κ1) is 22.0. The average molecular weight is 420 g/mol. The number of alkyl halides is 3. The number of aromatic nitrogens is 2. The lowest BCUT2D eigenvalue weighted by Gasteiger charge is -2.38. The van der Waals surface area contributed by atoms with E-state index in [1.807, 2.05) is 4.90 Å². The maximum absolute atomic E-state index is 13.6. The quantitative estimate of drug-likeness (QED) is 0.640. The van der Waals surface area contributed by atoms with E-state index in [-0.39, 0.29) is 17.4 Å². The second-order valence-electron chi connectivity index (χ2n) is 8.27. The fraction of sp³-hybridized carbons (Fsp3) is 0.476. The molecule has 0 radical (unpaired) electrons. The van der Waals surface area contributed by atoms with Gasteiger partial charge in [-0.2, -0.15) is 13.2 Å². The van der Waals surface area contributed by atoms with Crippen LogP contribution in [0.4, 0.5) is 24.8 Å². The minimum absolute atomic E-state index is 0.0141. The van der Waals surface area contributed by atoms with Crippen molar-refractivity contribution in [3.8, 4) is 0 Å². The predicted octanol–water partition coefficient (Wildman–Crippen LogP) is 3.69. The molecule has 0 saturated carbocycles. The standard InChI is InChI=1S/C21H27F3N6/c1-12(2)8-13-9-14(25)11-30(10-13)17-6-5-16(21(22,23)24)19(29-17)18(26)15-4-3-7-28-20(15)27/h3-7,12-14,26H,8-11,25H2,1-2H3,(H2,27,28)/t13-,14+/m1/s1. The molecular formula is C21H27F3N6. The Labute approximate surface area is 174 Å². The number of anilines is 2. The molecule has 5 N–H and O–H groups in total. The Morgan fingerprint density at radius 1 is 1.27 bits per heavy atom. The van der Waals surface area contributed by atoms with Crippen molar-refractivity contribution in [2.24, 2.45) is 17.6 Å². The third-order valence-corrected chi connectivity index (χ3v) is 5.23. The molecule has 1 aliphatic heterocycles. The molecule has 1 aliphatic rings. The van der Waals surface area contributed by atoms with Crippen LogP contribution in [0.5, 0.6) is 0 Å². The largest absolute Gasteiger partial charge is 0.418 e. The van der Waals surface area contributed by atoms with Crippen molar-refractivity contribution in [1.29, 1.82) is 5.41 Å². The molecule has 1 saturated heterocycles. The summed E-state index contributed by atoms with van der Waals surface area (Å²) >= 11 is 0. The first-order valence-electron chi connectivity index (χ1n) is 9.94. The molecule has 9 heteroatoms. The summed E-state index contributed by atoms with van der Waals surface area (Å²) in [5.74, 6) is 1.21. The van der Waals surface area contributed by atoms with E-state index in [0.29, 0.717) is 30.7 Å². The maximum atomic E-state index is 13.6. The van der Waals surface area contributed by atoms with E-state index < -0.39 is 23.1 Å². The van der Waals surface area contributed by atoms with E-state index in [1.54, 1.807) is 0 Å². The van der Waals surface area contributed by atoms with E-state index >= 15 is 0 Å². The van der Waals surface area contributed by atoms with Crippen LogP contribution in [0, 0.1) is 17.2 Å². The number of nitrogens with one attached hydrogen (secondary N) is 1. The molecule has 3 rings (SSSR count). The maximum Gasteiger partial charge on any atom is 0.418 e. The number of piperidine rings is 1. The van der Waals surface area contributed by atoms with Crippen LogP contribution in [0.1, 0.15) is 43.5 Å². The van der Waals surface area contributed by atoms with Crippen molar-refractivity contribution in [2.75, 3.05) is 23.7 Å². The fourth-order valence-electron chi connectivity index (χ4n) is 4.07. The van der Waals surface area contributed by atoms with Gasteiger partial charge in [0.2, 0.25) is 0 Å². The van der Waals surface area contributed by atoms with Gasteiger partial charge in [-0.25, -0.2) is 9.97 Å². The molecule has 30 heavy (non-hydrogen) atoms. The van der Waals surface area contributed by atoms with Gasteiger partial charge in [0.1, 0.15) is 17.3 Å². The lowest BCUT2D eigenvalue weighted by Crippen LogP contribution is -2.47. The Morgan fingerprint density at radius 2 is 2.00 bits per heavy atom. The first-order chi connectivity index (χ1) is 14.1. The SMILES string of the molecule is CC(C)C[C@@H]1C[C@H](N)CN(c2ccc(C(F)(F)F)c(C(=N)c3cccnc3N)n2)C1. The van der Waals surface area contributed by atoms with Crippen LogP contribution in [0.3, 0.4) is 0 Å². The zero-order chi connectivity index (χ0) is 22.1. The summed E-state index contributed by atoms with van der Waals surface area (Å²) in [4.78, 5) is 10.1. The van der Waals surface area contributed by atoms with Crippen LogP contribution < -0.4 is 16.4 Å². The van der Waals surface area contributed by atoms with Crippen LogP contribution in [0.2, 0.25) is 0 Å². The van der Waals surface area contributed by atoms with Crippen molar-refractivity contribution in [3.05, 3.63) is 47.3 Å². The van der Waals surface area contributed by atoms with Crippen LogP contribution >= 0.6 is 0 Å². The van der Waals surface area contributed by atoms with E-state index in [9.17, 15) is 13.2 Å². The van der Waals surface area contributed by atoms with Gasteiger partial charge in [-0.3, -0.25) is 5.41 Å². The Morgan fingerprint density at radius 3 is 2.63 bits per heavy atom. The summed E-state index contributed by atoms with van der Waals surface area (Å²) in [5, 5.41) is 8.39. The summed E-state index contributed by atoms with van der Waals surface area (Å²) in [7, 11) is 0. The lowest BCUT2D eigenvalue weighted by molar-refractivity contribution is -0.137. The molecule has 1 fully saturated rings. The van der Waals surface area contributed by atoms with Crippen LogP contribution in [-0.4, -0.2) is 34.8 Å². The molecule has 0 unspecified atom stereocenters. The van der Waals surface area contributed by atoms with E-state index in [4.69, 9.17) is 16.9 Å². The number of nitrogen functional groups attached to an aromatic ring is 1. The second-order valence-corrected chi connectivity index (χ2v) is 8.27. The number of halogens is 3. The summed E-state index contributed by atoms with van der Waals surface area (Å²) < 4.78 is 40.9. The van der Waals surface area contributed by atoms with Crippen LogP contribution in [-0.2, 0) is 6.18 Å². The molecule has 3 heterocycles. The van der Waals surface area contributed by atoms with Crippen molar-refractivity contribution < 1.29 is 13.2 Å². The Hall–Kier alpha value is -2.68. The normalized spacial score (nSPS) is 19.9. The summed E-state index contributed by atoms with van der Waals surface area (Å²) in [6, 6.07) is 5.25. The minimum Gasteiger partial charge on any atom is -0.383 e. The van der Waals surface area contributed by atoms with Crippen molar-refractivity contribution in [2.45, 2.75) is 38.9 Å². The number of nitrogens with two attached hydrogens (primary N) is 2. The number of nitrogens with zero attached hydrogens (tertiary/aromatic N) is 3. The predicted molar refractivity (Wildman–Crippen MR) is 112 cm³/mol. The highest BCUT2D eigenvalue weighted by molar-refractivity contribution is 6.13. The third-order valence-electron chi connectivity index (χ3n) is 5.23. The molecule has 2 aromatic rings. The van der Waals surface area contributed by atoms with Crippen molar-refractivity contribution in [3.63, 3.8) is 0 Å². The Kier molecular flexibility index (Phi) is 6.30. The zero-order valence-electron chi connectivity index (χ0n) is 17.1. The summed E-state index contributed by atoms with van der Waals surface area (Å²) in [6.45, 7) is 5.46. The van der Waals surface area contributed by atoms with Gasteiger partial charge in [-0.05, 0) is 48.9 Å². The molecule has 0 aliphatic carbocycles. The van der Waals surface area contributed by atoms with Gasteiger partial charge in [-0.1, -0.05) is 13.8 Å². The Bertz CT molecular complexity index is 910. The monoisotopic (exact) mass is 420 g/mol. The van der Waals surface area contributed by atoms with Gasteiger partial charge in [0.25, 0.3) is 0 Å². The topological polar surface area (TPSA) is 105 Å². The summed E-state index contributed by atoms with van der Waals surface area (Å²) in [6.07, 6.45) is -1.36. The Balaban J connectivity index is 2.01. The summed E-state index contributed by atoms with van der Waals surface area (Å²) in [5.41, 5.74) is 10.3. The van der Waals surface area contributed by atoms with Gasteiger partial charge in [0.05, 0.1) is 11.3 Å². The molecular weight excluding hydrogens is 393 g/mol. The van der Waals surface area contributed by atoms with Crippen LogP contribution in [0.15, 0.2) is 30.5 Å². The lowest BCUT2D eigenvalue weighted by atomic mass is 9.87. The molecule has 0 spiro atoms. The highest BCUT2D eigenvalue weighted by atomic mass is 19.4. The molecule has 2 aromatic heterocycles. The number of rotatable bonds is 5. The second kappa shape index (κ2) is 8.59. The smallest absolute Gasteiger partial charge is 0.383 e. The fourth-order valence-corrected chi connectivity index (χ4v) is 4.07. The molecule has 6 nitrogen and oxygen atoms in total. The minimum atomic E-state index is -4.65. The van der Waals surface area contributed by atoms with Crippen molar-refractivity contribution in [1.82, 2.24) is 9.97 Å². The van der Waals surface area contributed by atoms with Gasteiger partial charge in [0, 0.05) is 30.9 Å². The first-order valence-corrected chi connectivity index (χ1v) is 9.94. The number of hydrogen-bond donors (Lipinski definition) is 3. The van der Waals surface area contributed by atoms with Gasteiger partial charge >= 0.3 is 6.18 Å².